The summed E-state index contributed by atoms with van der Waals surface area (Å²) in [5.74, 6) is 0. The van der Waals surface area contributed by atoms with Crippen LogP contribution in [0.3, 0.4) is 0 Å². The highest BCUT2D eigenvalue weighted by molar-refractivity contribution is 8.13. The smallest absolute Gasteiger partial charge is 0.282 e. The third-order valence-corrected chi connectivity index (χ3v) is 2.06. The first kappa shape index (κ1) is 9.93. The van der Waals surface area contributed by atoms with Gasteiger partial charge in [0, 0.05) is 0 Å². The number of hydrogen-bond acceptors (Lipinski definition) is 6. The Bertz CT molecular complexity index is 299. The molecule has 0 bridgehead atoms. The van der Waals surface area contributed by atoms with Crippen molar-refractivity contribution in [1.82, 2.24) is 15.5 Å². The molecule has 0 atom stereocenters. The van der Waals surface area contributed by atoms with E-state index in [1.54, 1.807) is 6.26 Å². The predicted molar refractivity (Wildman–Crippen MR) is 51.0 cm³/mol. The number of nitrogens with zero attached hydrogens (tertiary/aromatic N) is 2. The van der Waals surface area contributed by atoms with Crippen LogP contribution in [0.5, 0.6) is 0 Å². The Balaban J connectivity index is 2.38. The monoisotopic (exact) mass is 218 g/mol. The van der Waals surface area contributed by atoms with Crippen LogP contribution in [0, 0.1) is 0 Å². The van der Waals surface area contributed by atoms with Gasteiger partial charge >= 0.3 is 6.03 Å². The molecule has 8 heteroatoms. The molecule has 6 nitrogen and oxygen atoms in total. The number of carbonyl (C=O) groups is 2. The zero-order valence-corrected chi connectivity index (χ0v) is 8.24. The standard InChI is InChI=1S/C5H6N4O2S2/c1-12-5(11)8-3(10)7-4-9-6-2-13-4/h2H,1H3,(H2,7,8,9,10,11). The summed E-state index contributed by atoms with van der Waals surface area (Å²) >= 11 is 2.10. The lowest BCUT2D eigenvalue weighted by Gasteiger charge is -2.00. The predicted octanol–water partition coefficient (Wildman–Crippen LogP) is 1.14. The fraction of sp³-hybridized carbons (Fsp3) is 0.200. The van der Waals surface area contributed by atoms with E-state index in [1.807, 2.05) is 0 Å². The van der Waals surface area contributed by atoms with Crippen molar-refractivity contribution in [1.29, 1.82) is 0 Å². The Morgan fingerprint density at radius 3 is 2.92 bits per heavy atom. The molecule has 0 aliphatic carbocycles. The number of amides is 3. The van der Waals surface area contributed by atoms with Gasteiger partial charge in [-0.3, -0.25) is 15.4 Å². The molecule has 0 aliphatic heterocycles. The molecule has 0 fully saturated rings. The molecule has 1 rings (SSSR count). The van der Waals surface area contributed by atoms with E-state index in [4.69, 9.17) is 0 Å². The van der Waals surface area contributed by atoms with Crippen molar-refractivity contribution < 1.29 is 9.59 Å². The molecular formula is C5H6N4O2S2. The van der Waals surface area contributed by atoms with Gasteiger partial charge in [-0.1, -0.05) is 23.1 Å². The second kappa shape index (κ2) is 4.77. The fourth-order valence-electron chi connectivity index (χ4n) is 0.500. The molecule has 3 amide bonds. The maximum Gasteiger partial charge on any atom is 0.328 e. The average molecular weight is 218 g/mol. The van der Waals surface area contributed by atoms with E-state index >= 15 is 0 Å². The summed E-state index contributed by atoms with van der Waals surface area (Å²) in [6, 6.07) is -0.601. The van der Waals surface area contributed by atoms with Crippen LogP contribution < -0.4 is 10.6 Å². The number of imide groups is 1. The molecule has 1 aromatic rings. The van der Waals surface area contributed by atoms with Crippen LogP contribution in [0.25, 0.3) is 0 Å². The molecule has 13 heavy (non-hydrogen) atoms. The normalized spacial score (nSPS) is 9.31. The van der Waals surface area contributed by atoms with Crippen LogP contribution in [0.1, 0.15) is 0 Å². The summed E-state index contributed by atoms with van der Waals surface area (Å²) in [7, 11) is 0. The van der Waals surface area contributed by atoms with Crippen LogP contribution >= 0.6 is 23.1 Å². The van der Waals surface area contributed by atoms with Gasteiger partial charge in [-0.05, 0) is 6.26 Å². The van der Waals surface area contributed by atoms with Crippen molar-refractivity contribution in [2.45, 2.75) is 0 Å². The maximum atomic E-state index is 11.0. The molecule has 0 spiro atoms. The number of urea groups is 1. The minimum absolute atomic E-state index is 0.353. The number of thioether (sulfide) groups is 1. The van der Waals surface area contributed by atoms with Crippen LogP contribution in [0.15, 0.2) is 5.51 Å². The van der Waals surface area contributed by atoms with E-state index in [9.17, 15) is 9.59 Å². The molecule has 0 aromatic carbocycles. The minimum atomic E-state index is -0.601. The van der Waals surface area contributed by atoms with E-state index in [0.29, 0.717) is 5.13 Å². The Morgan fingerprint density at radius 2 is 2.38 bits per heavy atom. The zero-order chi connectivity index (χ0) is 9.68. The second-order valence-corrected chi connectivity index (χ2v) is 3.43. The van der Waals surface area contributed by atoms with Gasteiger partial charge in [0.1, 0.15) is 5.51 Å². The van der Waals surface area contributed by atoms with E-state index in [0.717, 1.165) is 11.8 Å². The second-order valence-electron chi connectivity index (χ2n) is 1.81. The van der Waals surface area contributed by atoms with E-state index in [2.05, 4.69) is 20.8 Å². The Kier molecular flexibility index (Phi) is 3.65. The molecule has 70 valence electrons. The van der Waals surface area contributed by atoms with Crippen LogP contribution in [0.4, 0.5) is 14.7 Å². The SMILES string of the molecule is CSC(=O)NC(=O)Nc1nncs1. The van der Waals surface area contributed by atoms with Gasteiger partial charge in [0.25, 0.3) is 5.24 Å². The van der Waals surface area contributed by atoms with Crippen molar-refractivity contribution in [3.63, 3.8) is 0 Å². The molecule has 1 heterocycles. The van der Waals surface area contributed by atoms with Gasteiger partial charge in [0.05, 0.1) is 0 Å². The molecule has 0 saturated carbocycles. The molecule has 1 aromatic heterocycles. The van der Waals surface area contributed by atoms with E-state index < -0.39 is 11.3 Å². The van der Waals surface area contributed by atoms with E-state index in [-0.39, 0.29) is 0 Å². The maximum absolute atomic E-state index is 11.0. The van der Waals surface area contributed by atoms with Gasteiger partial charge in [-0.25, -0.2) is 4.79 Å². The quantitative estimate of drug-likeness (QED) is 0.738. The number of anilines is 1. The first-order valence-electron chi connectivity index (χ1n) is 3.14. The number of aromatic nitrogens is 2. The molecule has 0 unspecified atom stereocenters. The van der Waals surface area contributed by atoms with Crippen LogP contribution in [-0.4, -0.2) is 27.7 Å². The first-order valence-corrected chi connectivity index (χ1v) is 5.25. The number of nitrogens with one attached hydrogen (secondary N) is 2. The van der Waals surface area contributed by atoms with Gasteiger partial charge in [0.15, 0.2) is 0 Å². The molecule has 0 aliphatic rings. The lowest BCUT2D eigenvalue weighted by molar-refractivity contribution is 0.245. The van der Waals surface area contributed by atoms with Gasteiger partial charge in [-0.15, -0.1) is 10.2 Å². The highest BCUT2D eigenvalue weighted by Gasteiger charge is 2.07. The average Bonchev–Trinajstić information content (AvgIpc) is 2.56. The minimum Gasteiger partial charge on any atom is -0.282 e. The van der Waals surface area contributed by atoms with Crippen molar-refractivity contribution in [3.05, 3.63) is 5.51 Å². The highest BCUT2D eigenvalue weighted by Crippen LogP contribution is 2.07. The van der Waals surface area contributed by atoms with Crippen LogP contribution in [0.2, 0.25) is 0 Å². The number of carbonyl (C=O) groups excluding carboxylic acids is 2. The summed E-state index contributed by atoms with van der Waals surface area (Å²) in [6.45, 7) is 0. The summed E-state index contributed by atoms with van der Waals surface area (Å²) < 4.78 is 0. The van der Waals surface area contributed by atoms with Crippen molar-refractivity contribution >= 4 is 39.5 Å². The van der Waals surface area contributed by atoms with Gasteiger partial charge in [0.2, 0.25) is 5.13 Å². The number of rotatable bonds is 1. The molecule has 0 saturated heterocycles. The summed E-state index contributed by atoms with van der Waals surface area (Å²) in [4.78, 5) is 21.7. The van der Waals surface area contributed by atoms with Crippen molar-refractivity contribution in [3.8, 4) is 0 Å². The fourth-order valence-corrected chi connectivity index (χ4v) is 1.13. The third kappa shape index (κ3) is 3.38. The molecule has 2 N–H and O–H groups in total. The third-order valence-electron chi connectivity index (χ3n) is 0.981. The van der Waals surface area contributed by atoms with Gasteiger partial charge < -0.3 is 0 Å². The Hall–Kier alpha value is -1.15. The lowest BCUT2D eigenvalue weighted by Crippen LogP contribution is -2.31. The first-order chi connectivity index (χ1) is 6.22. The Morgan fingerprint density at radius 1 is 1.62 bits per heavy atom. The van der Waals surface area contributed by atoms with Crippen LogP contribution in [-0.2, 0) is 0 Å². The highest BCUT2D eigenvalue weighted by atomic mass is 32.2. The van der Waals surface area contributed by atoms with E-state index in [1.165, 1.54) is 16.8 Å². The van der Waals surface area contributed by atoms with Crippen molar-refractivity contribution in [2.24, 2.45) is 0 Å². The summed E-state index contributed by atoms with van der Waals surface area (Å²) in [6.07, 6.45) is 1.58. The topological polar surface area (TPSA) is 84.0 Å². The Labute approximate surface area is 82.1 Å². The lowest BCUT2D eigenvalue weighted by atomic mass is 10.9. The summed E-state index contributed by atoms with van der Waals surface area (Å²) in [5.41, 5.74) is 1.48. The van der Waals surface area contributed by atoms with Crippen molar-refractivity contribution in [2.75, 3.05) is 11.6 Å². The molecular weight excluding hydrogens is 212 g/mol. The molecule has 0 radical (unpaired) electrons. The number of hydrogen-bond donors (Lipinski definition) is 2. The zero-order valence-electron chi connectivity index (χ0n) is 6.60. The largest absolute Gasteiger partial charge is 0.328 e. The summed E-state index contributed by atoms with van der Waals surface area (Å²) in [5, 5.41) is 11.4. The van der Waals surface area contributed by atoms with Gasteiger partial charge in [-0.2, -0.15) is 0 Å².